The number of thiophene rings is 1. The van der Waals surface area contributed by atoms with Gasteiger partial charge in [-0.25, -0.2) is 0 Å². The summed E-state index contributed by atoms with van der Waals surface area (Å²) in [4.78, 5) is 11.7. The second-order valence-corrected chi connectivity index (χ2v) is 3.98. The quantitative estimate of drug-likeness (QED) is 0.548. The molecule has 2 aromatic rings. The number of fused-ring (bicyclic) bond motifs is 1. The maximum Gasteiger partial charge on any atom is 0.168 e. The van der Waals surface area contributed by atoms with Crippen LogP contribution in [0.4, 0.5) is 0 Å². The molecule has 0 amide bonds. The van der Waals surface area contributed by atoms with E-state index in [4.69, 9.17) is 0 Å². The smallest absolute Gasteiger partial charge is 0.168 e. The molecular weight excluding hydrogens is 192 g/mol. The van der Waals surface area contributed by atoms with Gasteiger partial charge in [-0.15, -0.1) is 17.9 Å². The summed E-state index contributed by atoms with van der Waals surface area (Å²) in [6.07, 6.45) is 2.06. The largest absolute Gasteiger partial charge is 0.294 e. The molecule has 0 fully saturated rings. The van der Waals surface area contributed by atoms with E-state index in [1.165, 1.54) is 0 Å². The first-order chi connectivity index (χ1) is 6.83. The van der Waals surface area contributed by atoms with Crippen LogP contribution in [0, 0.1) is 0 Å². The lowest BCUT2D eigenvalue weighted by Gasteiger charge is -1.99. The summed E-state index contributed by atoms with van der Waals surface area (Å²) in [5.41, 5.74) is 0.817. The van der Waals surface area contributed by atoms with Gasteiger partial charge in [-0.3, -0.25) is 4.79 Å². The molecule has 2 heteroatoms. The number of ketones is 1. The highest BCUT2D eigenvalue weighted by Crippen LogP contribution is 2.25. The standard InChI is InChI=1S/C12H10OS/c1-2-4-11(13)10-6-3-5-9-7-8-14-12(9)10/h2-3,5-8H,1,4H2. The Morgan fingerprint density at radius 2 is 2.29 bits per heavy atom. The van der Waals surface area contributed by atoms with Crippen molar-refractivity contribution in [1.82, 2.24) is 0 Å². The number of hydrogen-bond donors (Lipinski definition) is 0. The van der Waals surface area contributed by atoms with Crippen LogP contribution < -0.4 is 0 Å². The van der Waals surface area contributed by atoms with Crippen molar-refractivity contribution in [2.45, 2.75) is 6.42 Å². The highest BCUT2D eigenvalue weighted by molar-refractivity contribution is 7.17. The third kappa shape index (κ3) is 1.49. The third-order valence-electron chi connectivity index (χ3n) is 2.11. The van der Waals surface area contributed by atoms with Gasteiger partial charge in [-0.2, -0.15) is 0 Å². The van der Waals surface area contributed by atoms with Crippen LogP contribution in [0.5, 0.6) is 0 Å². The van der Waals surface area contributed by atoms with Gasteiger partial charge in [0.15, 0.2) is 5.78 Å². The first-order valence-corrected chi connectivity index (χ1v) is 5.31. The second-order valence-electron chi connectivity index (χ2n) is 3.06. The molecule has 0 aliphatic heterocycles. The van der Waals surface area contributed by atoms with Gasteiger partial charge < -0.3 is 0 Å². The molecule has 0 saturated heterocycles. The Morgan fingerprint density at radius 3 is 3.07 bits per heavy atom. The van der Waals surface area contributed by atoms with Crippen LogP contribution in [0.3, 0.4) is 0 Å². The van der Waals surface area contributed by atoms with E-state index in [0.717, 1.165) is 15.6 Å². The van der Waals surface area contributed by atoms with E-state index < -0.39 is 0 Å². The van der Waals surface area contributed by atoms with Crippen molar-refractivity contribution in [3.63, 3.8) is 0 Å². The van der Waals surface area contributed by atoms with Crippen LogP contribution in [0.2, 0.25) is 0 Å². The zero-order valence-corrected chi connectivity index (χ0v) is 8.51. The van der Waals surface area contributed by atoms with Gasteiger partial charge in [0.2, 0.25) is 0 Å². The van der Waals surface area contributed by atoms with Crippen LogP contribution in [0.15, 0.2) is 42.3 Å². The van der Waals surface area contributed by atoms with Gasteiger partial charge in [0, 0.05) is 16.7 Å². The highest BCUT2D eigenvalue weighted by Gasteiger charge is 2.08. The van der Waals surface area contributed by atoms with E-state index in [1.807, 2.05) is 29.6 Å². The molecule has 70 valence electrons. The maximum atomic E-state index is 11.7. The zero-order valence-electron chi connectivity index (χ0n) is 7.69. The number of rotatable bonds is 3. The van der Waals surface area contributed by atoms with E-state index in [9.17, 15) is 4.79 Å². The molecule has 1 aromatic heterocycles. The summed E-state index contributed by atoms with van der Waals surface area (Å²) in [6.45, 7) is 3.58. The maximum absolute atomic E-state index is 11.7. The lowest BCUT2D eigenvalue weighted by Crippen LogP contribution is -1.96. The summed E-state index contributed by atoms with van der Waals surface area (Å²) < 4.78 is 1.08. The second kappa shape index (κ2) is 3.76. The zero-order chi connectivity index (χ0) is 9.97. The van der Waals surface area contributed by atoms with Crippen molar-refractivity contribution >= 4 is 27.2 Å². The van der Waals surface area contributed by atoms with Crippen LogP contribution >= 0.6 is 11.3 Å². The predicted octanol–water partition coefficient (Wildman–Crippen LogP) is 3.66. The Bertz CT molecular complexity index is 482. The molecule has 1 heterocycles. The Morgan fingerprint density at radius 1 is 1.43 bits per heavy atom. The number of carbonyl (C=O) groups is 1. The number of benzene rings is 1. The summed E-state index contributed by atoms with van der Waals surface area (Å²) >= 11 is 1.61. The third-order valence-corrected chi connectivity index (χ3v) is 3.07. The minimum absolute atomic E-state index is 0.146. The molecule has 0 aliphatic rings. The molecule has 0 atom stereocenters. The highest BCUT2D eigenvalue weighted by atomic mass is 32.1. The average molecular weight is 202 g/mol. The first-order valence-electron chi connectivity index (χ1n) is 4.43. The number of Topliss-reactive ketones (excluding diaryl/α,β-unsaturated/α-hetero) is 1. The fraction of sp³-hybridized carbons (Fsp3) is 0.0833. The number of allylic oxidation sites excluding steroid dienone is 1. The van der Waals surface area contributed by atoms with Crippen molar-refractivity contribution in [1.29, 1.82) is 0 Å². The van der Waals surface area contributed by atoms with E-state index >= 15 is 0 Å². The molecule has 0 bridgehead atoms. The molecule has 1 aromatic carbocycles. The lowest BCUT2D eigenvalue weighted by molar-refractivity contribution is 0.0997. The number of hydrogen-bond acceptors (Lipinski definition) is 2. The normalized spacial score (nSPS) is 10.3. The Balaban J connectivity index is 2.55. The van der Waals surface area contributed by atoms with Crippen LogP contribution in [0.25, 0.3) is 10.1 Å². The van der Waals surface area contributed by atoms with Crippen LogP contribution in [-0.4, -0.2) is 5.78 Å². The molecule has 14 heavy (non-hydrogen) atoms. The van der Waals surface area contributed by atoms with E-state index in [0.29, 0.717) is 6.42 Å². The average Bonchev–Trinajstić information content (AvgIpc) is 2.65. The lowest BCUT2D eigenvalue weighted by atomic mass is 10.1. The fourth-order valence-corrected chi connectivity index (χ4v) is 2.39. The van der Waals surface area contributed by atoms with Crippen LogP contribution in [-0.2, 0) is 0 Å². The molecule has 0 aliphatic carbocycles. The minimum atomic E-state index is 0.146. The predicted molar refractivity (Wildman–Crippen MR) is 61.0 cm³/mol. The van der Waals surface area contributed by atoms with Crippen molar-refractivity contribution in [2.24, 2.45) is 0 Å². The van der Waals surface area contributed by atoms with E-state index in [1.54, 1.807) is 17.4 Å². The monoisotopic (exact) mass is 202 g/mol. The molecule has 0 saturated carbocycles. The van der Waals surface area contributed by atoms with Crippen LogP contribution in [0.1, 0.15) is 16.8 Å². The van der Waals surface area contributed by atoms with Gasteiger partial charge in [-0.1, -0.05) is 18.2 Å². The number of carbonyl (C=O) groups excluding carboxylic acids is 1. The fourth-order valence-electron chi connectivity index (χ4n) is 1.45. The molecule has 0 radical (unpaired) electrons. The SMILES string of the molecule is C=CCC(=O)c1cccc2ccsc12. The van der Waals surface area contributed by atoms with Crippen molar-refractivity contribution in [3.8, 4) is 0 Å². The van der Waals surface area contributed by atoms with Gasteiger partial charge in [0.25, 0.3) is 0 Å². The van der Waals surface area contributed by atoms with Crippen molar-refractivity contribution < 1.29 is 4.79 Å². The van der Waals surface area contributed by atoms with Crippen molar-refractivity contribution in [3.05, 3.63) is 47.9 Å². The van der Waals surface area contributed by atoms with Gasteiger partial charge in [0.1, 0.15) is 0 Å². The topological polar surface area (TPSA) is 17.1 Å². The molecule has 0 spiro atoms. The molecule has 2 rings (SSSR count). The van der Waals surface area contributed by atoms with E-state index in [-0.39, 0.29) is 5.78 Å². The summed E-state index contributed by atoms with van der Waals surface area (Å²) in [5.74, 6) is 0.146. The Hall–Kier alpha value is -1.41. The molecule has 0 unspecified atom stereocenters. The Labute approximate surface area is 86.7 Å². The van der Waals surface area contributed by atoms with Gasteiger partial charge >= 0.3 is 0 Å². The summed E-state index contributed by atoms with van der Waals surface area (Å²) in [7, 11) is 0. The van der Waals surface area contributed by atoms with Crippen molar-refractivity contribution in [2.75, 3.05) is 0 Å². The van der Waals surface area contributed by atoms with Gasteiger partial charge in [0.05, 0.1) is 0 Å². The molecule has 1 nitrogen and oxygen atoms in total. The first kappa shape index (κ1) is 9.16. The van der Waals surface area contributed by atoms with E-state index in [2.05, 4.69) is 6.58 Å². The summed E-state index contributed by atoms with van der Waals surface area (Å²) in [6, 6.07) is 7.86. The summed E-state index contributed by atoms with van der Waals surface area (Å²) in [5, 5.41) is 3.15. The minimum Gasteiger partial charge on any atom is -0.294 e. The van der Waals surface area contributed by atoms with Gasteiger partial charge in [-0.05, 0) is 22.9 Å². The molecular formula is C12H10OS. The Kier molecular flexibility index (Phi) is 2.46. The molecule has 0 N–H and O–H groups in total.